The summed E-state index contributed by atoms with van der Waals surface area (Å²) >= 11 is 0. The molecule has 1 N–H and O–H groups in total. The molecule has 0 bridgehead atoms. The zero-order valence-electron chi connectivity index (χ0n) is 11.0. The minimum Gasteiger partial charge on any atom is -0.476 e. The lowest BCUT2D eigenvalue weighted by atomic mass is 10.1. The number of rotatable bonds is 3. The van der Waals surface area contributed by atoms with E-state index in [1.165, 1.54) is 7.05 Å². The van der Waals surface area contributed by atoms with Gasteiger partial charge in [0, 0.05) is 18.9 Å². The summed E-state index contributed by atoms with van der Waals surface area (Å²) in [5, 5.41) is 12.5. The number of sulfone groups is 1. The monoisotopic (exact) mass is 316 g/mol. The number of halogens is 2. The van der Waals surface area contributed by atoms with Gasteiger partial charge in [-0.3, -0.25) is 4.68 Å². The Morgan fingerprint density at radius 1 is 1.29 bits per heavy atom. The molecule has 0 saturated heterocycles. The molecule has 6 nitrogen and oxygen atoms in total. The van der Waals surface area contributed by atoms with E-state index in [9.17, 15) is 22.0 Å². The van der Waals surface area contributed by atoms with E-state index >= 15 is 0 Å². The van der Waals surface area contributed by atoms with Crippen molar-refractivity contribution in [2.45, 2.75) is 4.90 Å². The highest BCUT2D eigenvalue weighted by Gasteiger charge is 2.21. The largest absolute Gasteiger partial charge is 0.476 e. The molecule has 0 amide bonds. The van der Waals surface area contributed by atoms with Crippen LogP contribution in [0.2, 0.25) is 0 Å². The molecule has 0 spiro atoms. The number of carbonyl (C=O) groups is 1. The highest BCUT2D eigenvalue weighted by atomic mass is 32.2. The summed E-state index contributed by atoms with van der Waals surface area (Å²) in [5.74, 6) is -3.95. The number of nitrogens with zero attached hydrogens (tertiary/aromatic N) is 2. The predicted molar refractivity (Wildman–Crippen MR) is 68.6 cm³/mol. The zero-order chi connectivity index (χ0) is 15.9. The fourth-order valence-electron chi connectivity index (χ4n) is 1.79. The molecule has 0 aliphatic carbocycles. The predicted octanol–water partition coefficient (Wildman–Crippen LogP) is 1.47. The van der Waals surface area contributed by atoms with E-state index in [-0.39, 0.29) is 17.0 Å². The molecule has 1 aromatic heterocycles. The molecule has 1 aromatic carbocycles. The highest BCUT2D eigenvalue weighted by molar-refractivity contribution is 7.90. The minimum atomic E-state index is -3.75. The average Bonchev–Trinajstić information content (AvgIpc) is 2.73. The topological polar surface area (TPSA) is 89.3 Å². The van der Waals surface area contributed by atoms with Crippen LogP contribution in [-0.2, 0) is 16.9 Å². The average molecular weight is 316 g/mol. The molecule has 2 aromatic rings. The van der Waals surface area contributed by atoms with Crippen LogP contribution >= 0.6 is 0 Å². The summed E-state index contributed by atoms with van der Waals surface area (Å²) in [7, 11) is -2.41. The van der Waals surface area contributed by atoms with Crippen LogP contribution in [0.5, 0.6) is 0 Å². The van der Waals surface area contributed by atoms with Crippen molar-refractivity contribution in [1.82, 2.24) is 9.78 Å². The van der Waals surface area contributed by atoms with Crippen molar-refractivity contribution in [2.24, 2.45) is 7.05 Å². The lowest BCUT2D eigenvalue weighted by molar-refractivity contribution is 0.0689. The quantitative estimate of drug-likeness (QED) is 0.866. The fourth-order valence-corrected chi connectivity index (χ4v) is 2.44. The first kappa shape index (κ1) is 15.1. The van der Waals surface area contributed by atoms with E-state index in [4.69, 9.17) is 5.11 Å². The Kier molecular flexibility index (Phi) is 3.54. The summed E-state index contributed by atoms with van der Waals surface area (Å²) in [6.45, 7) is 0. The van der Waals surface area contributed by atoms with Gasteiger partial charge in [-0.05, 0) is 18.2 Å². The van der Waals surface area contributed by atoms with Gasteiger partial charge < -0.3 is 5.11 Å². The number of hydrogen-bond acceptors (Lipinski definition) is 4. The van der Waals surface area contributed by atoms with Crippen LogP contribution in [0.3, 0.4) is 0 Å². The summed E-state index contributed by atoms with van der Waals surface area (Å²) in [5.41, 5.74) is -0.788. The van der Waals surface area contributed by atoms with Crippen LogP contribution in [0.1, 0.15) is 10.5 Å². The second-order valence-corrected chi connectivity index (χ2v) is 6.40. The Morgan fingerprint density at radius 3 is 2.38 bits per heavy atom. The second-order valence-electron chi connectivity index (χ2n) is 4.38. The molecule has 0 atom stereocenters. The van der Waals surface area contributed by atoms with Gasteiger partial charge >= 0.3 is 5.97 Å². The van der Waals surface area contributed by atoms with Crippen molar-refractivity contribution >= 4 is 15.8 Å². The summed E-state index contributed by atoms with van der Waals surface area (Å²) in [6, 6.07) is 2.55. The smallest absolute Gasteiger partial charge is 0.356 e. The lowest BCUT2D eigenvalue weighted by Crippen LogP contribution is -2.03. The molecular weight excluding hydrogens is 306 g/mol. The number of carboxylic acids is 1. The Hall–Kier alpha value is -2.29. The van der Waals surface area contributed by atoms with Gasteiger partial charge in [0.25, 0.3) is 0 Å². The summed E-state index contributed by atoms with van der Waals surface area (Å²) in [4.78, 5) is 10.4. The highest BCUT2D eigenvalue weighted by Crippen LogP contribution is 2.28. The molecule has 0 fully saturated rings. The van der Waals surface area contributed by atoms with E-state index in [0.29, 0.717) is 6.07 Å². The number of carboxylic acid groups (broad SMARTS) is 1. The fraction of sp³-hybridized carbons (Fsp3) is 0.167. The summed E-state index contributed by atoms with van der Waals surface area (Å²) < 4.78 is 51.4. The Morgan fingerprint density at radius 2 is 1.90 bits per heavy atom. The molecule has 1 heterocycles. The molecule has 0 saturated carbocycles. The maximum absolute atomic E-state index is 13.9. The molecule has 112 valence electrons. The SMILES string of the molecule is Cn1nc(C(=O)O)cc1-c1cc(S(C)(=O)=O)cc(F)c1F. The zero-order valence-corrected chi connectivity index (χ0v) is 11.8. The van der Waals surface area contributed by atoms with Gasteiger partial charge in [0.05, 0.1) is 10.6 Å². The molecule has 9 heteroatoms. The molecule has 0 unspecified atom stereocenters. The maximum Gasteiger partial charge on any atom is 0.356 e. The minimum absolute atomic E-state index is 0.0469. The van der Waals surface area contributed by atoms with Gasteiger partial charge in [0.2, 0.25) is 0 Å². The van der Waals surface area contributed by atoms with Gasteiger partial charge in [-0.2, -0.15) is 5.10 Å². The molecule has 0 aliphatic heterocycles. The molecular formula is C12H10F2N2O4S. The Labute approximate surface area is 118 Å². The van der Waals surface area contributed by atoms with Crippen molar-refractivity contribution in [2.75, 3.05) is 6.26 Å². The van der Waals surface area contributed by atoms with Gasteiger partial charge in [-0.25, -0.2) is 22.0 Å². The van der Waals surface area contributed by atoms with Crippen LogP contribution in [0, 0.1) is 11.6 Å². The molecule has 2 rings (SSSR count). The van der Waals surface area contributed by atoms with Crippen molar-refractivity contribution in [3.63, 3.8) is 0 Å². The molecule has 21 heavy (non-hydrogen) atoms. The number of aromatic carboxylic acids is 1. The van der Waals surface area contributed by atoms with Crippen molar-refractivity contribution in [3.05, 3.63) is 35.5 Å². The molecule has 0 radical (unpaired) electrons. The third kappa shape index (κ3) is 2.77. The van der Waals surface area contributed by atoms with E-state index < -0.39 is 32.3 Å². The van der Waals surface area contributed by atoms with Crippen molar-refractivity contribution < 1.29 is 27.1 Å². The van der Waals surface area contributed by atoms with Crippen LogP contribution < -0.4 is 0 Å². The van der Waals surface area contributed by atoms with Crippen LogP contribution in [0.25, 0.3) is 11.3 Å². The van der Waals surface area contributed by atoms with Crippen LogP contribution in [-0.4, -0.2) is 35.5 Å². The third-order valence-corrected chi connectivity index (χ3v) is 3.90. The van der Waals surface area contributed by atoms with E-state index in [0.717, 1.165) is 23.1 Å². The van der Waals surface area contributed by atoms with Crippen LogP contribution in [0.15, 0.2) is 23.1 Å². The van der Waals surface area contributed by atoms with Gasteiger partial charge in [0.15, 0.2) is 27.2 Å². The number of benzene rings is 1. The summed E-state index contributed by atoms with van der Waals surface area (Å²) in [6.07, 6.45) is 0.857. The van der Waals surface area contributed by atoms with E-state index in [1.807, 2.05) is 0 Å². The normalized spacial score (nSPS) is 11.6. The van der Waals surface area contributed by atoms with Gasteiger partial charge in [-0.1, -0.05) is 0 Å². The standard InChI is InChI=1S/C12H10F2N2O4S/c1-16-10(5-9(15-16)12(17)18)7-3-6(21(2,19)20)4-8(13)11(7)14/h3-5H,1-2H3,(H,17,18). The molecule has 0 aliphatic rings. The van der Waals surface area contributed by atoms with E-state index in [2.05, 4.69) is 5.10 Å². The van der Waals surface area contributed by atoms with Gasteiger partial charge in [-0.15, -0.1) is 0 Å². The number of aromatic nitrogens is 2. The second kappa shape index (κ2) is 4.92. The number of aryl methyl sites for hydroxylation is 1. The van der Waals surface area contributed by atoms with Gasteiger partial charge in [0.1, 0.15) is 0 Å². The first-order valence-corrected chi connectivity index (χ1v) is 7.47. The first-order valence-electron chi connectivity index (χ1n) is 5.58. The Bertz CT molecular complexity index is 843. The van der Waals surface area contributed by atoms with Crippen molar-refractivity contribution in [3.8, 4) is 11.3 Å². The maximum atomic E-state index is 13.9. The third-order valence-electron chi connectivity index (χ3n) is 2.80. The Balaban J connectivity index is 2.74. The van der Waals surface area contributed by atoms with E-state index in [1.54, 1.807) is 0 Å². The van der Waals surface area contributed by atoms with Crippen molar-refractivity contribution in [1.29, 1.82) is 0 Å². The number of hydrogen-bond donors (Lipinski definition) is 1. The lowest BCUT2D eigenvalue weighted by Gasteiger charge is -2.07. The first-order chi connectivity index (χ1) is 9.61. The van der Waals surface area contributed by atoms with Crippen LogP contribution in [0.4, 0.5) is 8.78 Å².